The molecule has 14 heavy (non-hydrogen) atoms. The number of aromatic nitrogens is 2. The molecule has 2 nitrogen and oxygen atoms in total. The Morgan fingerprint density at radius 3 is 3.07 bits per heavy atom. The second kappa shape index (κ2) is 3.96. The van der Waals surface area contributed by atoms with Crippen LogP contribution >= 0.6 is 11.6 Å². The van der Waals surface area contributed by atoms with Crippen molar-refractivity contribution in [2.45, 2.75) is 12.8 Å². The van der Waals surface area contributed by atoms with Gasteiger partial charge >= 0.3 is 0 Å². The lowest BCUT2D eigenvalue weighted by molar-refractivity contribution is 0.629. The van der Waals surface area contributed by atoms with Gasteiger partial charge in [-0.15, -0.1) is 11.6 Å². The summed E-state index contributed by atoms with van der Waals surface area (Å²) in [5.41, 5.74) is 1.70. The zero-order chi connectivity index (χ0) is 9.97. The van der Waals surface area contributed by atoms with Crippen LogP contribution in [0.1, 0.15) is 12.1 Å². The van der Waals surface area contributed by atoms with Crippen LogP contribution in [-0.2, 0) is 6.42 Å². The van der Waals surface area contributed by atoms with Crippen molar-refractivity contribution < 1.29 is 4.39 Å². The highest BCUT2D eigenvalue weighted by molar-refractivity contribution is 6.17. The molecule has 0 fully saturated rings. The van der Waals surface area contributed by atoms with Crippen molar-refractivity contribution >= 4 is 22.5 Å². The minimum atomic E-state index is -0.257. The maximum absolute atomic E-state index is 12.8. The molecule has 0 bridgehead atoms. The summed E-state index contributed by atoms with van der Waals surface area (Å²) in [6.45, 7) is 0. The molecule has 0 saturated carbocycles. The summed E-state index contributed by atoms with van der Waals surface area (Å²) in [6, 6.07) is 4.62. The summed E-state index contributed by atoms with van der Waals surface area (Å²) >= 11 is 5.60. The minimum absolute atomic E-state index is 0.257. The van der Waals surface area contributed by atoms with Crippen LogP contribution < -0.4 is 0 Å². The number of rotatable bonds is 3. The molecule has 2 rings (SSSR count). The van der Waals surface area contributed by atoms with E-state index in [1.807, 2.05) is 0 Å². The van der Waals surface area contributed by atoms with Crippen LogP contribution in [0.15, 0.2) is 18.2 Å². The number of nitrogens with one attached hydrogen (secondary N) is 1. The smallest absolute Gasteiger partial charge is 0.125 e. The number of aromatic amines is 1. The Labute approximate surface area is 86.1 Å². The molecule has 1 aromatic heterocycles. The van der Waals surface area contributed by atoms with Crippen molar-refractivity contribution in [3.8, 4) is 0 Å². The van der Waals surface area contributed by atoms with Gasteiger partial charge in [0.05, 0.1) is 5.52 Å². The average molecular weight is 213 g/mol. The Morgan fingerprint density at radius 2 is 2.29 bits per heavy atom. The van der Waals surface area contributed by atoms with Gasteiger partial charge in [0, 0.05) is 23.0 Å². The van der Waals surface area contributed by atoms with Gasteiger partial charge in [-0.25, -0.2) is 4.39 Å². The van der Waals surface area contributed by atoms with Gasteiger partial charge in [0.25, 0.3) is 0 Å². The first-order valence-corrected chi connectivity index (χ1v) is 5.03. The Balaban J connectivity index is 2.37. The number of alkyl halides is 1. The Kier molecular flexibility index (Phi) is 2.68. The lowest BCUT2D eigenvalue weighted by Gasteiger charge is -1.95. The summed E-state index contributed by atoms with van der Waals surface area (Å²) in [4.78, 5) is 0. The van der Waals surface area contributed by atoms with Crippen LogP contribution in [-0.4, -0.2) is 16.1 Å². The Morgan fingerprint density at radius 1 is 1.43 bits per heavy atom. The van der Waals surface area contributed by atoms with E-state index in [0.717, 1.165) is 23.9 Å². The van der Waals surface area contributed by atoms with Crippen molar-refractivity contribution in [2.24, 2.45) is 0 Å². The van der Waals surface area contributed by atoms with Gasteiger partial charge < -0.3 is 0 Å². The van der Waals surface area contributed by atoms with Crippen molar-refractivity contribution in [1.29, 1.82) is 0 Å². The standard InChI is InChI=1S/C10H10ClFN2/c11-5-1-2-9-8-4-3-7(12)6-10(8)14-13-9/h3-4,6H,1-2,5H2,(H,13,14). The maximum atomic E-state index is 12.8. The fourth-order valence-corrected chi connectivity index (χ4v) is 1.61. The molecule has 4 heteroatoms. The Bertz CT molecular complexity index is 439. The normalized spacial score (nSPS) is 11.0. The number of benzene rings is 1. The molecule has 1 heterocycles. The molecular weight excluding hydrogens is 203 g/mol. The molecule has 0 aliphatic carbocycles. The van der Waals surface area contributed by atoms with Gasteiger partial charge in [0.15, 0.2) is 0 Å². The number of hydrogen-bond donors (Lipinski definition) is 1. The van der Waals surface area contributed by atoms with E-state index in [1.165, 1.54) is 12.1 Å². The molecule has 0 saturated heterocycles. The lowest BCUT2D eigenvalue weighted by Crippen LogP contribution is -1.87. The van der Waals surface area contributed by atoms with Gasteiger partial charge in [-0.2, -0.15) is 5.10 Å². The molecule has 0 unspecified atom stereocenters. The summed E-state index contributed by atoms with van der Waals surface area (Å²) in [7, 11) is 0. The first kappa shape index (κ1) is 9.46. The molecule has 1 aromatic carbocycles. The first-order valence-electron chi connectivity index (χ1n) is 4.50. The van der Waals surface area contributed by atoms with Gasteiger partial charge in [-0.05, 0) is 25.0 Å². The average Bonchev–Trinajstić information content (AvgIpc) is 2.57. The second-order valence-electron chi connectivity index (χ2n) is 3.16. The monoisotopic (exact) mass is 212 g/mol. The van der Waals surface area contributed by atoms with Crippen LogP contribution in [0.2, 0.25) is 0 Å². The summed E-state index contributed by atoms with van der Waals surface area (Å²) < 4.78 is 12.8. The number of hydrogen-bond acceptors (Lipinski definition) is 1. The van der Waals surface area contributed by atoms with E-state index in [4.69, 9.17) is 11.6 Å². The zero-order valence-electron chi connectivity index (χ0n) is 7.56. The number of nitrogens with zero attached hydrogens (tertiary/aromatic N) is 1. The highest BCUT2D eigenvalue weighted by atomic mass is 35.5. The van der Waals surface area contributed by atoms with Crippen LogP contribution in [0, 0.1) is 5.82 Å². The topological polar surface area (TPSA) is 28.7 Å². The van der Waals surface area contributed by atoms with E-state index in [0.29, 0.717) is 11.4 Å². The fraction of sp³-hybridized carbons (Fsp3) is 0.300. The molecule has 0 spiro atoms. The van der Waals surface area contributed by atoms with Crippen molar-refractivity contribution in [3.63, 3.8) is 0 Å². The van der Waals surface area contributed by atoms with Crippen molar-refractivity contribution in [2.75, 3.05) is 5.88 Å². The van der Waals surface area contributed by atoms with Crippen LogP contribution in [0.5, 0.6) is 0 Å². The second-order valence-corrected chi connectivity index (χ2v) is 3.53. The van der Waals surface area contributed by atoms with Crippen LogP contribution in [0.25, 0.3) is 10.9 Å². The highest BCUT2D eigenvalue weighted by Crippen LogP contribution is 2.18. The lowest BCUT2D eigenvalue weighted by atomic mass is 10.1. The largest absolute Gasteiger partial charge is 0.281 e. The Hall–Kier alpha value is -1.09. The van der Waals surface area contributed by atoms with E-state index in [1.54, 1.807) is 6.07 Å². The van der Waals surface area contributed by atoms with Crippen molar-refractivity contribution in [3.05, 3.63) is 29.7 Å². The third-order valence-electron chi connectivity index (χ3n) is 2.16. The third kappa shape index (κ3) is 1.73. The molecule has 0 aliphatic rings. The number of aryl methyl sites for hydroxylation is 1. The van der Waals surface area contributed by atoms with E-state index in [9.17, 15) is 4.39 Å². The van der Waals surface area contributed by atoms with E-state index in [2.05, 4.69) is 10.2 Å². The maximum Gasteiger partial charge on any atom is 0.125 e. The number of halogens is 2. The number of fused-ring (bicyclic) bond motifs is 1. The van der Waals surface area contributed by atoms with E-state index < -0.39 is 0 Å². The van der Waals surface area contributed by atoms with E-state index >= 15 is 0 Å². The number of H-pyrrole nitrogens is 1. The van der Waals surface area contributed by atoms with Gasteiger partial charge in [-0.1, -0.05) is 0 Å². The molecule has 0 radical (unpaired) electrons. The molecular formula is C10H10ClFN2. The molecule has 1 N–H and O–H groups in total. The molecule has 74 valence electrons. The predicted molar refractivity (Wildman–Crippen MR) is 55.1 cm³/mol. The van der Waals surface area contributed by atoms with Gasteiger partial charge in [0.1, 0.15) is 5.82 Å². The van der Waals surface area contributed by atoms with Crippen LogP contribution in [0.4, 0.5) is 4.39 Å². The molecule has 0 atom stereocenters. The molecule has 0 amide bonds. The molecule has 2 aromatic rings. The third-order valence-corrected chi connectivity index (χ3v) is 2.42. The first-order chi connectivity index (χ1) is 6.81. The minimum Gasteiger partial charge on any atom is -0.281 e. The van der Waals surface area contributed by atoms with Crippen LogP contribution in [0.3, 0.4) is 0 Å². The molecule has 0 aliphatic heterocycles. The summed E-state index contributed by atoms with van der Waals surface area (Å²) in [5, 5.41) is 7.91. The highest BCUT2D eigenvalue weighted by Gasteiger charge is 2.05. The van der Waals surface area contributed by atoms with Crippen molar-refractivity contribution in [1.82, 2.24) is 10.2 Å². The predicted octanol–water partition coefficient (Wildman–Crippen LogP) is 2.87. The zero-order valence-corrected chi connectivity index (χ0v) is 8.31. The van der Waals surface area contributed by atoms with Gasteiger partial charge in [0.2, 0.25) is 0 Å². The summed E-state index contributed by atoms with van der Waals surface area (Å²) in [6.07, 6.45) is 1.75. The quantitative estimate of drug-likeness (QED) is 0.779. The summed E-state index contributed by atoms with van der Waals surface area (Å²) in [5.74, 6) is 0.370. The van der Waals surface area contributed by atoms with E-state index in [-0.39, 0.29) is 5.82 Å². The fourth-order valence-electron chi connectivity index (χ4n) is 1.47. The SMILES string of the molecule is Fc1ccc2c(CCCCl)[nH]nc2c1. The van der Waals surface area contributed by atoms with Gasteiger partial charge in [-0.3, -0.25) is 5.10 Å².